The van der Waals surface area contributed by atoms with Crippen molar-refractivity contribution in [2.75, 3.05) is 7.05 Å². The topological polar surface area (TPSA) is 29.3 Å². The van der Waals surface area contributed by atoms with E-state index < -0.39 is 0 Å². The molecule has 0 spiro atoms. The van der Waals surface area contributed by atoms with Gasteiger partial charge in [0, 0.05) is 19.6 Å². The van der Waals surface area contributed by atoms with E-state index in [4.69, 9.17) is 5.73 Å². The second kappa shape index (κ2) is 7.22. The Labute approximate surface area is 122 Å². The van der Waals surface area contributed by atoms with Gasteiger partial charge in [-0.25, -0.2) is 0 Å². The molecule has 106 valence electrons. The van der Waals surface area contributed by atoms with Crippen LogP contribution < -0.4 is 5.73 Å². The molecular weight excluding hydrogens is 244 g/mol. The van der Waals surface area contributed by atoms with Gasteiger partial charge in [0.05, 0.1) is 0 Å². The van der Waals surface area contributed by atoms with Crippen molar-refractivity contribution in [1.82, 2.24) is 4.90 Å². The van der Waals surface area contributed by atoms with Crippen molar-refractivity contribution < 1.29 is 0 Å². The molecule has 0 unspecified atom stereocenters. The molecule has 20 heavy (non-hydrogen) atoms. The molecular formula is C18H24N2. The first-order valence-electron chi connectivity index (χ1n) is 7.25. The summed E-state index contributed by atoms with van der Waals surface area (Å²) in [5.74, 6) is 0. The van der Waals surface area contributed by atoms with Crippen LogP contribution in [0.5, 0.6) is 0 Å². The number of nitrogens with two attached hydrogens (primary N) is 1. The first-order valence-corrected chi connectivity index (χ1v) is 7.25. The summed E-state index contributed by atoms with van der Waals surface area (Å²) in [7, 11) is 2.16. The Bertz CT molecular complexity index is 531. The number of hydrogen-bond donors (Lipinski definition) is 1. The zero-order valence-corrected chi connectivity index (χ0v) is 12.5. The van der Waals surface area contributed by atoms with Gasteiger partial charge in [-0.15, -0.1) is 0 Å². The fraction of sp³-hybridized carbons (Fsp3) is 0.333. The van der Waals surface area contributed by atoms with E-state index in [-0.39, 0.29) is 0 Å². The number of hydrogen-bond acceptors (Lipinski definition) is 2. The Hall–Kier alpha value is -1.64. The van der Waals surface area contributed by atoms with E-state index in [0.29, 0.717) is 6.54 Å². The third-order valence-electron chi connectivity index (χ3n) is 3.56. The van der Waals surface area contributed by atoms with Crippen LogP contribution in [-0.4, -0.2) is 11.9 Å². The SMILES string of the molecule is CCc1ccc(CN(C)Cc2cccc(CN)c2)cc1. The normalized spacial score (nSPS) is 11.0. The lowest BCUT2D eigenvalue weighted by Crippen LogP contribution is -2.17. The highest BCUT2D eigenvalue weighted by Gasteiger charge is 2.03. The molecule has 0 aliphatic heterocycles. The van der Waals surface area contributed by atoms with Gasteiger partial charge in [0.15, 0.2) is 0 Å². The smallest absolute Gasteiger partial charge is 0.0234 e. The lowest BCUT2D eigenvalue weighted by atomic mass is 10.1. The van der Waals surface area contributed by atoms with Crippen LogP contribution in [0.3, 0.4) is 0 Å². The van der Waals surface area contributed by atoms with Crippen molar-refractivity contribution in [3.63, 3.8) is 0 Å². The van der Waals surface area contributed by atoms with E-state index in [1.165, 1.54) is 22.3 Å². The highest BCUT2D eigenvalue weighted by Crippen LogP contribution is 2.11. The van der Waals surface area contributed by atoms with E-state index in [1.54, 1.807) is 0 Å². The summed E-state index contributed by atoms with van der Waals surface area (Å²) in [6.07, 6.45) is 1.10. The quantitative estimate of drug-likeness (QED) is 0.870. The minimum Gasteiger partial charge on any atom is -0.326 e. The van der Waals surface area contributed by atoms with Crippen LogP contribution in [-0.2, 0) is 26.1 Å². The fourth-order valence-corrected chi connectivity index (χ4v) is 2.41. The van der Waals surface area contributed by atoms with Crippen molar-refractivity contribution in [1.29, 1.82) is 0 Å². The van der Waals surface area contributed by atoms with E-state index in [0.717, 1.165) is 19.5 Å². The zero-order valence-electron chi connectivity index (χ0n) is 12.5. The van der Waals surface area contributed by atoms with Gasteiger partial charge in [0.1, 0.15) is 0 Å². The number of benzene rings is 2. The molecule has 0 aromatic heterocycles. The van der Waals surface area contributed by atoms with E-state index in [9.17, 15) is 0 Å². The van der Waals surface area contributed by atoms with Gasteiger partial charge in [0.2, 0.25) is 0 Å². The average molecular weight is 268 g/mol. The van der Waals surface area contributed by atoms with E-state index >= 15 is 0 Å². The van der Waals surface area contributed by atoms with Crippen LogP contribution in [0.2, 0.25) is 0 Å². The number of nitrogens with zero attached hydrogens (tertiary/aromatic N) is 1. The van der Waals surface area contributed by atoms with Crippen molar-refractivity contribution in [2.45, 2.75) is 33.0 Å². The maximum absolute atomic E-state index is 5.69. The lowest BCUT2D eigenvalue weighted by Gasteiger charge is -2.17. The molecule has 0 bridgehead atoms. The number of aryl methyl sites for hydroxylation is 1. The first-order chi connectivity index (χ1) is 9.71. The molecule has 2 nitrogen and oxygen atoms in total. The molecule has 0 aliphatic carbocycles. The molecule has 0 radical (unpaired) electrons. The maximum atomic E-state index is 5.69. The highest BCUT2D eigenvalue weighted by atomic mass is 15.1. The summed E-state index contributed by atoms with van der Waals surface area (Å²) in [6, 6.07) is 17.4. The molecule has 2 rings (SSSR count). The van der Waals surface area contributed by atoms with Crippen LogP contribution >= 0.6 is 0 Å². The second-order valence-corrected chi connectivity index (χ2v) is 5.37. The fourth-order valence-electron chi connectivity index (χ4n) is 2.41. The van der Waals surface area contributed by atoms with E-state index in [2.05, 4.69) is 67.4 Å². The molecule has 0 aliphatic rings. The van der Waals surface area contributed by atoms with Gasteiger partial charge in [-0.2, -0.15) is 0 Å². The average Bonchev–Trinajstić information content (AvgIpc) is 2.48. The second-order valence-electron chi connectivity index (χ2n) is 5.37. The molecule has 2 N–H and O–H groups in total. The van der Waals surface area contributed by atoms with Crippen LogP contribution in [0.15, 0.2) is 48.5 Å². The highest BCUT2D eigenvalue weighted by molar-refractivity contribution is 5.24. The molecule has 2 aromatic carbocycles. The molecule has 0 heterocycles. The summed E-state index contributed by atoms with van der Waals surface area (Å²) in [5, 5.41) is 0. The summed E-state index contributed by atoms with van der Waals surface area (Å²) >= 11 is 0. The summed E-state index contributed by atoms with van der Waals surface area (Å²) in [6.45, 7) is 4.71. The lowest BCUT2D eigenvalue weighted by molar-refractivity contribution is 0.319. The Balaban J connectivity index is 1.95. The molecule has 0 saturated heterocycles. The van der Waals surface area contributed by atoms with Crippen LogP contribution in [0, 0.1) is 0 Å². The zero-order chi connectivity index (χ0) is 14.4. The van der Waals surface area contributed by atoms with Gasteiger partial charge in [-0.3, -0.25) is 4.90 Å². The van der Waals surface area contributed by atoms with Crippen molar-refractivity contribution in [3.05, 3.63) is 70.8 Å². The third kappa shape index (κ3) is 4.19. The predicted molar refractivity (Wildman–Crippen MR) is 85.3 cm³/mol. The largest absolute Gasteiger partial charge is 0.326 e. The molecule has 0 saturated carbocycles. The van der Waals surface area contributed by atoms with Crippen LogP contribution in [0.25, 0.3) is 0 Å². The monoisotopic (exact) mass is 268 g/mol. The number of rotatable bonds is 6. The Morgan fingerprint density at radius 3 is 2.10 bits per heavy atom. The summed E-state index contributed by atoms with van der Waals surface area (Å²) in [5.41, 5.74) is 11.0. The molecule has 2 heteroatoms. The minimum atomic E-state index is 0.607. The van der Waals surface area contributed by atoms with Gasteiger partial charge in [-0.05, 0) is 35.7 Å². The predicted octanol–water partition coefficient (Wildman–Crippen LogP) is 3.34. The van der Waals surface area contributed by atoms with Crippen molar-refractivity contribution in [2.24, 2.45) is 5.73 Å². The van der Waals surface area contributed by atoms with Crippen molar-refractivity contribution in [3.8, 4) is 0 Å². The minimum absolute atomic E-state index is 0.607. The van der Waals surface area contributed by atoms with Gasteiger partial charge < -0.3 is 5.73 Å². The molecule has 0 amide bonds. The Kier molecular flexibility index (Phi) is 5.33. The first kappa shape index (κ1) is 14.8. The third-order valence-corrected chi connectivity index (χ3v) is 3.56. The van der Waals surface area contributed by atoms with Gasteiger partial charge in [0.25, 0.3) is 0 Å². The molecule has 0 atom stereocenters. The van der Waals surface area contributed by atoms with Crippen LogP contribution in [0.1, 0.15) is 29.2 Å². The summed E-state index contributed by atoms with van der Waals surface area (Å²) < 4.78 is 0. The Morgan fingerprint density at radius 2 is 1.45 bits per heavy atom. The molecule has 0 fully saturated rings. The summed E-state index contributed by atoms with van der Waals surface area (Å²) in [4.78, 5) is 2.33. The molecule has 2 aromatic rings. The van der Waals surface area contributed by atoms with Crippen LogP contribution in [0.4, 0.5) is 0 Å². The van der Waals surface area contributed by atoms with E-state index in [1.807, 2.05) is 0 Å². The standard InChI is InChI=1S/C18H24N2/c1-3-15-7-9-16(10-8-15)13-20(2)14-18-6-4-5-17(11-18)12-19/h4-11H,3,12-14,19H2,1-2H3. The van der Waals surface area contributed by atoms with Gasteiger partial charge in [-0.1, -0.05) is 55.5 Å². The maximum Gasteiger partial charge on any atom is 0.0234 e. The van der Waals surface area contributed by atoms with Gasteiger partial charge >= 0.3 is 0 Å². The van der Waals surface area contributed by atoms with Crippen molar-refractivity contribution >= 4 is 0 Å². The Morgan fingerprint density at radius 1 is 0.850 bits per heavy atom.